The van der Waals surface area contributed by atoms with Gasteiger partial charge in [-0.1, -0.05) is 0 Å². The van der Waals surface area contributed by atoms with Crippen molar-refractivity contribution in [2.45, 2.75) is 26.8 Å². The lowest BCUT2D eigenvalue weighted by Crippen LogP contribution is -2.15. The van der Waals surface area contributed by atoms with Gasteiger partial charge < -0.3 is 14.3 Å². The summed E-state index contributed by atoms with van der Waals surface area (Å²) >= 11 is 1.36. The molecule has 2 N–H and O–H groups in total. The Balaban J connectivity index is 1.50. The summed E-state index contributed by atoms with van der Waals surface area (Å²) in [5.41, 5.74) is 3.73. The zero-order valence-corrected chi connectivity index (χ0v) is 20.1. The van der Waals surface area contributed by atoms with Crippen LogP contribution in [0, 0.1) is 6.92 Å². The predicted octanol–water partition coefficient (Wildman–Crippen LogP) is 3.78. The molecule has 0 atom stereocenters. The van der Waals surface area contributed by atoms with E-state index >= 15 is 0 Å². The molecule has 0 aliphatic heterocycles. The van der Waals surface area contributed by atoms with E-state index in [4.69, 9.17) is 4.74 Å². The zero-order chi connectivity index (χ0) is 24.4. The first kappa shape index (κ1) is 22.8. The maximum Gasteiger partial charge on any atom is 0.269 e. The number of anilines is 1. The van der Waals surface area contributed by atoms with E-state index in [0.29, 0.717) is 52.8 Å². The molecule has 0 saturated heterocycles. The minimum atomic E-state index is -0.258. The number of carbonyl (C=O) groups is 1. The van der Waals surface area contributed by atoms with Gasteiger partial charge in [0, 0.05) is 42.6 Å². The minimum Gasteiger partial charge on any atom is -0.382 e. The fraction of sp³-hybridized carbons (Fsp3) is 0.250. The number of carbonyl (C=O) groups excluding carboxylic acids is 1. The van der Waals surface area contributed by atoms with Gasteiger partial charge in [-0.25, -0.2) is 19.9 Å². The Kier molecular flexibility index (Phi) is 6.34. The summed E-state index contributed by atoms with van der Waals surface area (Å²) in [5.74, 6) is 0.167. The third-order valence-corrected chi connectivity index (χ3v) is 6.64. The topological polar surface area (TPSA) is 128 Å². The fourth-order valence-corrected chi connectivity index (χ4v) is 4.67. The molecule has 1 amide bonds. The molecule has 35 heavy (non-hydrogen) atoms. The molecular weight excluding hydrogens is 466 g/mol. The highest BCUT2D eigenvalue weighted by Crippen LogP contribution is 2.29. The van der Waals surface area contributed by atoms with Crippen LogP contribution in [0.4, 0.5) is 5.95 Å². The van der Waals surface area contributed by atoms with Crippen LogP contribution in [0.15, 0.2) is 47.8 Å². The lowest BCUT2D eigenvalue weighted by atomic mass is 10.2. The summed E-state index contributed by atoms with van der Waals surface area (Å²) in [4.78, 5) is 46.6. The normalized spacial score (nSPS) is 11.4. The lowest BCUT2D eigenvalue weighted by Gasteiger charge is -2.10. The fourth-order valence-electron chi connectivity index (χ4n) is 3.79. The molecule has 1 aromatic carbocycles. The third-order valence-electron chi connectivity index (χ3n) is 5.51. The van der Waals surface area contributed by atoms with Crippen molar-refractivity contribution in [2.75, 3.05) is 18.5 Å². The summed E-state index contributed by atoms with van der Waals surface area (Å²) in [7, 11) is 0. The number of H-pyrrole nitrogens is 1. The highest BCUT2D eigenvalue weighted by molar-refractivity contribution is 7.17. The van der Waals surface area contributed by atoms with Crippen LogP contribution in [0.1, 0.15) is 28.7 Å². The number of aromatic nitrogens is 6. The highest BCUT2D eigenvalue weighted by atomic mass is 32.1. The van der Waals surface area contributed by atoms with Gasteiger partial charge in [0.15, 0.2) is 0 Å². The van der Waals surface area contributed by atoms with Gasteiger partial charge in [-0.2, -0.15) is 0 Å². The summed E-state index contributed by atoms with van der Waals surface area (Å²) in [6.45, 7) is 5.45. The molecular formula is C24H23N7O3S. The second-order valence-electron chi connectivity index (χ2n) is 7.89. The van der Waals surface area contributed by atoms with E-state index in [1.165, 1.54) is 17.7 Å². The molecule has 0 aliphatic carbocycles. The molecule has 4 aromatic heterocycles. The van der Waals surface area contributed by atoms with Crippen LogP contribution in [0.2, 0.25) is 0 Å². The second kappa shape index (κ2) is 9.72. The van der Waals surface area contributed by atoms with Crippen LogP contribution < -0.4 is 10.9 Å². The van der Waals surface area contributed by atoms with Crippen LogP contribution >= 0.6 is 11.3 Å². The van der Waals surface area contributed by atoms with Crippen molar-refractivity contribution in [3.63, 3.8) is 0 Å². The average Bonchev–Trinajstić information content (AvgIpc) is 3.47. The van der Waals surface area contributed by atoms with Gasteiger partial charge in [-0.05, 0) is 44.5 Å². The standard InChI is InChI=1S/C24H23N7O3S/c1-3-34-8-4-7-31-19-10-17-16(28-22(32)14(2)27-17)9-18(19)29-24(31)30-23(33)21-6-5-20(35-21)15-11-25-13-26-12-15/h5-6,9-13H,3-4,7-8H2,1-2H3,(H,28,32)(H,29,30,33). The number of nitrogens with zero attached hydrogens (tertiary/aromatic N) is 5. The van der Waals surface area contributed by atoms with Crippen molar-refractivity contribution < 1.29 is 9.53 Å². The molecule has 4 heterocycles. The van der Waals surface area contributed by atoms with E-state index < -0.39 is 0 Å². The molecule has 0 spiro atoms. The maximum absolute atomic E-state index is 13.1. The molecule has 178 valence electrons. The Bertz CT molecular complexity index is 1570. The van der Waals surface area contributed by atoms with Gasteiger partial charge in [0.25, 0.3) is 11.5 Å². The Labute approximate surface area is 204 Å². The Morgan fingerprint density at radius 2 is 2.00 bits per heavy atom. The van der Waals surface area contributed by atoms with E-state index in [1.807, 2.05) is 23.6 Å². The molecule has 0 bridgehead atoms. The summed E-state index contributed by atoms with van der Waals surface area (Å²) in [6.07, 6.45) is 5.64. The van der Waals surface area contributed by atoms with Crippen molar-refractivity contribution in [2.24, 2.45) is 0 Å². The molecule has 5 rings (SSSR count). The van der Waals surface area contributed by atoms with Gasteiger partial charge in [-0.3, -0.25) is 14.9 Å². The van der Waals surface area contributed by atoms with Crippen molar-refractivity contribution in [1.82, 2.24) is 29.5 Å². The Hall–Kier alpha value is -3.96. The molecule has 0 aliphatic rings. The summed E-state index contributed by atoms with van der Waals surface area (Å²) < 4.78 is 7.45. The number of hydrogen-bond acceptors (Lipinski definition) is 8. The number of aryl methyl sites for hydroxylation is 2. The first-order valence-corrected chi connectivity index (χ1v) is 12.0. The van der Waals surface area contributed by atoms with E-state index in [2.05, 4.69) is 30.2 Å². The Morgan fingerprint density at radius 3 is 2.80 bits per heavy atom. The monoisotopic (exact) mass is 489 g/mol. The average molecular weight is 490 g/mol. The highest BCUT2D eigenvalue weighted by Gasteiger charge is 2.18. The molecule has 5 aromatic rings. The van der Waals surface area contributed by atoms with Crippen molar-refractivity contribution in [3.05, 3.63) is 63.9 Å². The number of ether oxygens (including phenoxy) is 1. The Morgan fingerprint density at radius 1 is 1.17 bits per heavy atom. The number of benzene rings is 1. The maximum atomic E-state index is 13.1. The van der Waals surface area contributed by atoms with Gasteiger partial charge in [0.2, 0.25) is 5.95 Å². The molecule has 0 saturated carbocycles. The number of hydrogen-bond donors (Lipinski definition) is 2. The molecule has 0 fully saturated rings. The van der Waals surface area contributed by atoms with Gasteiger partial charge in [0.1, 0.15) is 12.0 Å². The first-order valence-electron chi connectivity index (χ1n) is 11.2. The van der Waals surface area contributed by atoms with Crippen molar-refractivity contribution in [3.8, 4) is 10.4 Å². The number of imidazole rings is 1. The first-order chi connectivity index (χ1) is 17.0. The molecule has 0 radical (unpaired) electrons. The largest absolute Gasteiger partial charge is 0.382 e. The number of nitrogens with one attached hydrogen (secondary N) is 2. The second-order valence-corrected chi connectivity index (χ2v) is 8.98. The SMILES string of the molecule is CCOCCCn1c(NC(=O)c2ccc(-c3cncnc3)s2)nc2cc3[nH]c(=O)c(C)nc3cc21. The number of thiophene rings is 1. The van der Waals surface area contributed by atoms with Crippen LogP contribution in [0.25, 0.3) is 32.5 Å². The number of rotatable bonds is 8. The van der Waals surface area contributed by atoms with Gasteiger partial charge in [-0.15, -0.1) is 11.3 Å². The van der Waals surface area contributed by atoms with Gasteiger partial charge >= 0.3 is 0 Å². The molecule has 11 heteroatoms. The zero-order valence-electron chi connectivity index (χ0n) is 19.2. The summed E-state index contributed by atoms with van der Waals surface area (Å²) in [6, 6.07) is 7.32. The lowest BCUT2D eigenvalue weighted by molar-refractivity contribution is 0.102. The van der Waals surface area contributed by atoms with E-state index in [9.17, 15) is 9.59 Å². The van der Waals surface area contributed by atoms with E-state index in [0.717, 1.165) is 22.4 Å². The number of fused-ring (bicyclic) bond motifs is 2. The number of aromatic amines is 1. The van der Waals surface area contributed by atoms with E-state index in [-0.39, 0.29) is 11.5 Å². The van der Waals surface area contributed by atoms with Crippen molar-refractivity contribution in [1.29, 1.82) is 0 Å². The predicted molar refractivity (Wildman–Crippen MR) is 135 cm³/mol. The smallest absolute Gasteiger partial charge is 0.269 e. The summed E-state index contributed by atoms with van der Waals surface area (Å²) in [5, 5.41) is 2.96. The quantitative estimate of drug-likeness (QED) is 0.318. The van der Waals surface area contributed by atoms with Crippen LogP contribution in [-0.4, -0.2) is 48.6 Å². The minimum absolute atomic E-state index is 0.237. The van der Waals surface area contributed by atoms with Crippen LogP contribution in [0.5, 0.6) is 0 Å². The molecule has 10 nitrogen and oxygen atoms in total. The van der Waals surface area contributed by atoms with E-state index in [1.54, 1.807) is 31.5 Å². The third kappa shape index (κ3) is 4.68. The number of amides is 1. The molecule has 0 unspecified atom stereocenters. The van der Waals surface area contributed by atoms with Crippen LogP contribution in [-0.2, 0) is 11.3 Å². The van der Waals surface area contributed by atoms with Crippen LogP contribution in [0.3, 0.4) is 0 Å². The van der Waals surface area contributed by atoms with Crippen molar-refractivity contribution >= 4 is 45.3 Å². The van der Waals surface area contributed by atoms with Gasteiger partial charge in [0.05, 0.1) is 26.9 Å².